The first kappa shape index (κ1) is 18.6. The van der Waals surface area contributed by atoms with Crippen molar-refractivity contribution in [2.24, 2.45) is 0 Å². The van der Waals surface area contributed by atoms with Gasteiger partial charge in [0.1, 0.15) is 0 Å². The fraction of sp³-hybridized carbons (Fsp3) is 0.500. The molecular formula is C16H23BrN2O3. The molecule has 0 saturated heterocycles. The predicted octanol–water partition coefficient (Wildman–Crippen LogP) is 2.44. The summed E-state index contributed by atoms with van der Waals surface area (Å²) < 4.78 is 4.75. The molecule has 1 N–H and O–H groups in total. The van der Waals surface area contributed by atoms with E-state index in [2.05, 4.69) is 21.2 Å². The molecule has 0 aliphatic rings. The lowest BCUT2D eigenvalue weighted by Gasteiger charge is -2.21. The Morgan fingerprint density at radius 1 is 1.36 bits per heavy atom. The van der Waals surface area contributed by atoms with E-state index in [1.54, 1.807) is 18.2 Å². The van der Waals surface area contributed by atoms with Gasteiger partial charge in [0.05, 0.1) is 12.7 Å². The van der Waals surface area contributed by atoms with Gasteiger partial charge in [-0.25, -0.2) is 4.79 Å². The number of amides is 1. The molecule has 5 nitrogen and oxygen atoms in total. The molecule has 0 radical (unpaired) electrons. The summed E-state index contributed by atoms with van der Waals surface area (Å²) in [5.74, 6) is -0.410. The molecule has 1 amide bonds. The smallest absolute Gasteiger partial charge is 0.338 e. The van der Waals surface area contributed by atoms with Gasteiger partial charge in [-0.2, -0.15) is 0 Å². The van der Waals surface area contributed by atoms with Crippen LogP contribution in [0.2, 0.25) is 0 Å². The maximum absolute atomic E-state index is 12.6. The summed E-state index contributed by atoms with van der Waals surface area (Å²) in [5.41, 5.74) is 1.83. The number of methoxy groups -OCH3 is 1. The SMILES string of the molecule is CCN(CCCNC)C(=O)c1ccc(C(=O)OC)c(CBr)c1. The number of nitrogens with zero attached hydrogens (tertiary/aromatic N) is 1. The van der Waals surface area contributed by atoms with Gasteiger partial charge in [-0.3, -0.25) is 4.79 Å². The van der Waals surface area contributed by atoms with Crippen LogP contribution in [0.4, 0.5) is 0 Å². The molecule has 0 fully saturated rings. The van der Waals surface area contributed by atoms with Crippen LogP contribution in [0.5, 0.6) is 0 Å². The summed E-state index contributed by atoms with van der Waals surface area (Å²) in [4.78, 5) is 26.1. The summed E-state index contributed by atoms with van der Waals surface area (Å²) in [6.45, 7) is 4.20. The van der Waals surface area contributed by atoms with Crippen LogP contribution in [0.25, 0.3) is 0 Å². The molecule has 0 unspecified atom stereocenters. The van der Waals surface area contributed by atoms with Crippen molar-refractivity contribution in [1.82, 2.24) is 10.2 Å². The number of nitrogens with one attached hydrogen (secondary N) is 1. The Bertz CT molecular complexity index is 520. The van der Waals surface area contributed by atoms with E-state index in [1.165, 1.54) is 7.11 Å². The average Bonchev–Trinajstić information content (AvgIpc) is 2.56. The van der Waals surface area contributed by atoms with E-state index >= 15 is 0 Å². The van der Waals surface area contributed by atoms with E-state index in [-0.39, 0.29) is 5.91 Å². The largest absolute Gasteiger partial charge is 0.465 e. The third-order valence-electron chi connectivity index (χ3n) is 3.43. The topological polar surface area (TPSA) is 58.6 Å². The second-order valence-electron chi connectivity index (χ2n) is 4.84. The van der Waals surface area contributed by atoms with Crippen LogP contribution in [0.15, 0.2) is 18.2 Å². The van der Waals surface area contributed by atoms with E-state index < -0.39 is 5.97 Å². The number of carbonyl (C=O) groups is 2. The number of carbonyl (C=O) groups excluding carboxylic acids is 2. The van der Waals surface area contributed by atoms with Crippen LogP contribution >= 0.6 is 15.9 Å². The molecular weight excluding hydrogens is 348 g/mol. The van der Waals surface area contributed by atoms with E-state index in [1.807, 2.05) is 18.9 Å². The van der Waals surface area contributed by atoms with Crippen LogP contribution in [0.1, 0.15) is 39.6 Å². The number of alkyl halides is 1. The third kappa shape index (κ3) is 4.81. The van der Waals surface area contributed by atoms with E-state index in [0.29, 0.717) is 29.5 Å². The predicted molar refractivity (Wildman–Crippen MR) is 90.5 cm³/mol. The quantitative estimate of drug-likeness (QED) is 0.433. The monoisotopic (exact) mass is 370 g/mol. The van der Waals surface area contributed by atoms with Gasteiger partial charge in [-0.1, -0.05) is 15.9 Å². The zero-order chi connectivity index (χ0) is 16.5. The molecule has 0 heterocycles. The lowest BCUT2D eigenvalue weighted by atomic mass is 10.0. The van der Waals surface area contributed by atoms with Gasteiger partial charge in [-0.15, -0.1) is 0 Å². The minimum absolute atomic E-state index is 0.0165. The van der Waals surface area contributed by atoms with Gasteiger partial charge in [0.15, 0.2) is 0 Å². The van der Waals surface area contributed by atoms with Crippen molar-refractivity contribution < 1.29 is 14.3 Å². The Morgan fingerprint density at radius 2 is 2.09 bits per heavy atom. The molecule has 1 aromatic rings. The summed E-state index contributed by atoms with van der Waals surface area (Å²) in [5, 5.41) is 3.57. The molecule has 122 valence electrons. The molecule has 6 heteroatoms. The molecule has 1 rings (SSSR count). The van der Waals surface area contributed by atoms with Crippen molar-refractivity contribution in [3.8, 4) is 0 Å². The van der Waals surface area contributed by atoms with Crippen LogP contribution < -0.4 is 5.32 Å². The normalized spacial score (nSPS) is 10.4. The first-order valence-corrected chi connectivity index (χ1v) is 8.42. The highest BCUT2D eigenvalue weighted by Gasteiger charge is 2.17. The number of rotatable bonds is 8. The molecule has 22 heavy (non-hydrogen) atoms. The Morgan fingerprint density at radius 3 is 2.64 bits per heavy atom. The highest BCUT2D eigenvalue weighted by Crippen LogP contribution is 2.18. The first-order chi connectivity index (χ1) is 10.6. The van der Waals surface area contributed by atoms with Crippen molar-refractivity contribution >= 4 is 27.8 Å². The molecule has 0 saturated carbocycles. The van der Waals surface area contributed by atoms with Crippen LogP contribution in [0.3, 0.4) is 0 Å². The van der Waals surface area contributed by atoms with Crippen LogP contribution in [0, 0.1) is 0 Å². The van der Waals surface area contributed by atoms with E-state index in [0.717, 1.165) is 18.5 Å². The zero-order valence-corrected chi connectivity index (χ0v) is 14.9. The second-order valence-corrected chi connectivity index (χ2v) is 5.40. The maximum atomic E-state index is 12.6. The molecule has 0 spiro atoms. The molecule has 0 aliphatic carbocycles. The van der Waals surface area contributed by atoms with Crippen molar-refractivity contribution in [3.63, 3.8) is 0 Å². The summed E-state index contributed by atoms with van der Waals surface area (Å²) in [6.07, 6.45) is 0.904. The molecule has 1 aromatic carbocycles. The fourth-order valence-electron chi connectivity index (χ4n) is 2.18. The molecule has 0 bridgehead atoms. The molecule has 0 atom stereocenters. The number of benzene rings is 1. The average molecular weight is 371 g/mol. The van der Waals surface area contributed by atoms with Gasteiger partial charge in [-0.05, 0) is 50.7 Å². The Hall–Kier alpha value is -1.40. The maximum Gasteiger partial charge on any atom is 0.338 e. The summed E-state index contributed by atoms with van der Waals surface area (Å²) >= 11 is 3.35. The minimum atomic E-state index is -0.394. The van der Waals surface area contributed by atoms with Crippen molar-refractivity contribution in [2.75, 3.05) is 33.8 Å². The Balaban J connectivity index is 2.95. The number of esters is 1. The zero-order valence-electron chi connectivity index (χ0n) is 13.3. The Kier molecular flexibility index (Phi) is 8.12. The van der Waals surface area contributed by atoms with Gasteiger partial charge in [0.25, 0.3) is 5.91 Å². The van der Waals surface area contributed by atoms with Crippen molar-refractivity contribution in [1.29, 1.82) is 0 Å². The number of hydrogen-bond donors (Lipinski definition) is 1. The highest BCUT2D eigenvalue weighted by atomic mass is 79.9. The molecule has 0 aliphatic heterocycles. The fourth-order valence-corrected chi connectivity index (χ4v) is 2.64. The summed E-state index contributed by atoms with van der Waals surface area (Å²) in [7, 11) is 3.24. The van der Waals surface area contributed by atoms with E-state index in [4.69, 9.17) is 4.74 Å². The number of halogens is 1. The van der Waals surface area contributed by atoms with E-state index in [9.17, 15) is 9.59 Å². The number of ether oxygens (including phenoxy) is 1. The minimum Gasteiger partial charge on any atom is -0.465 e. The van der Waals surface area contributed by atoms with Gasteiger partial charge >= 0.3 is 5.97 Å². The van der Waals surface area contributed by atoms with Gasteiger partial charge in [0, 0.05) is 24.0 Å². The highest BCUT2D eigenvalue weighted by molar-refractivity contribution is 9.08. The Labute approximate surface area is 140 Å². The molecule has 0 aromatic heterocycles. The van der Waals surface area contributed by atoms with Crippen LogP contribution in [-0.2, 0) is 10.1 Å². The first-order valence-electron chi connectivity index (χ1n) is 7.30. The summed E-state index contributed by atoms with van der Waals surface area (Å²) in [6, 6.07) is 5.09. The second kappa shape index (κ2) is 9.58. The standard InChI is InChI=1S/C16H23BrN2O3/c1-4-19(9-5-8-18-2)15(20)12-6-7-14(16(21)22-3)13(10-12)11-17/h6-7,10,18H,4-5,8-9,11H2,1-3H3. The van der Waals surface area contributed by atoms with Crippen molar-refractivity contribution in [3.05, 3.63) is 34.9 Å². The van der Waals surface area contributed by atoms with Gasteiger partial charge in [0.2, 0.25) is 0 Å². The lowest BCUT2D eigenvalue weighted by molar-refractivity contribution is 0.0599. The number of hydrogen-bond acceptors (Lipinski definition) is 4. The van der Waals surface area contributed by atoms with Gasteiger partial charge < -0.3 is 15.0 Å². The third-order valence-corrected chi connectivity index (χ3v) is 4.03. The lowest BCUT2D eigenvalue weighted by Crippen LogP contribution is -2.33. The van der Waals surface area contributed by atoms with Crippen molar-refractivity contribution in [2.45, 2.75) is 18.7 Å². The van der Waals surface area contributed by atoms with Crippen LogP contribution in [-0.4, -0.2) is 50.6 Å².